The van der Waals surface area contributed by atoms with Gasteiger partial charge in [-0.25, -0.2) is 9.10 Å². The highest BCUT2D eigenvalue weighted by Gasteiger charge is 2.35. The molecule has 0 aromatic carbocycles. The Hall–Kier alpha value is -1.48. The van der Waals surface area contributed by atoms with Crippen LogP contribution in [-0.4, -0.2) is 52.8 Å². The van der Waals surface area contributed by atoms with Crippen LogP contribution < -0.4 is 5.32 Å². The Balaban J connectivity index is 2.04. The zero-order chi connectivity index (χ0) is 17.2. The van der Waals surface area contributed by atoms with Crippen molar-refractivity contribution in [3.8, 4) is 0 Å². The van der Waals surface area contributed by atoms with Crippen molar-refractivity contribution in [3.63, 3.8) is 0 Å². The van der Waals surface area contributed by atoms with Crippen LogP contribution in [0.15, 0.2) is 28.5 Å². The van der Waals surface area contributed by atoms with Crippen LogP contribution >= 0.6 is 12.8 Å². The molecule has 23 heavy (non-hydrogen) atoms. The minimum atomic E-state index is -4.44. The summed E-state index contributed by atoms with van der Waals surface area (Å²) in [6.07, 6.45) is -1.62. The number of rotatable bonds is 1. The van der Waals surface area contributed by atoms with E-state index >= 15 is 0 Å². The Morgan fingerprint density at radius 2 is 2.04 bits per heavy atom. The molecule has 0 bridgehead atoms. The number of aliphatic imine (C=N–C) groups is 1. The SMILES string of the molecule is C[C@@H]1CN(S)[C@@H](C)CN1C(=O)NC1=CN=CC=C(C(F)(F)F)C1. The van der Waals surface area contributed by atoms with Crippen molar-refractivity contribution >= 4 is 25.1 Å². The van der Waals surface area contributed by atoms with E-state index < -0.39 is 24.2 Å². The average molecular weight is 348 g/mol. The van der Waals surface area contributed by atoms with Gasteiger partial charge < -0.3 is 10.2 Å². The van der Waals surface area contributed by atoms with Crippen LogP contribution in [0, 0.1) is 0 Å². The van der Waals surface area contributed by atoms with Gasteiger partial charge in [0, 0.05) is 55.3 Å². The molecule has 2 atom stereocenters. The van der Waals surface area contributed by atoms with Crippen molar-refractivity contribution in [2.75, 3.05) is 13.1 Å². The summed E-state index contributed by atoms with van der Waals surface area (Å²) >= 11 is 4.33. The Labute approximate surface area is 138 Å². The van der Waals surface area contributed by atoms with E-state index in [0.717, 1.165) is 12.3 Å². The molecular formula is C14H19F3N4OS. The van der Waals surface area contributed by atoms with E-state index in [0.29, 0.717) is 13.1 Å². The lowest BCUT2D eigenvalue weighted by Crippen LogP contribution is -2.57. The molecule has 1 fully saturated rings. The van der Waals surface area contributed by atoms with Gasteiger partial charge in [-0.1, -0.05) is 12.8 Å². The second-order valence-corrected chi connectivity index (χ2v) is 6.24. The maximum atomic E-state index is 12.8. The summed E-state index contributed by atoms with van der Waals surface area (Å²) in [5.74, 6) is 0. The van der Waals surface area contributed by atoms with Crippen molar-refractivity contribution in [2.45, 2.75) is 38.5 Å². The first-order valence-corrected chi connectivity index (χ1v) is 7.60. The number of piperazine rings is 1. The number of allylic oxidation sites excluding steroid dienone is 2. The minimum absolute atomic E-state index is 0.0621. The number of hydrogen-bond acceptors (Lipinski definition) is 4. The largest absolute Gasteiger partial charge is 0.413 e. The normalized spacial score (nSPS) is 26.4. The second-order valence-electron chi connectivity index (χ2n) is 5.72. The maximum absolute atomic E-state index is 12.8. The first-order valence-electron chi connectivity index (χ1n) is 7.20. The summed E-state index contributed by atoms with van der Waals surface area (Å²) in [5, 5.41) is 2.55. The summed E-state index contributed by atoms with van der Waals surface area (Å²) < 4.78 is 40.4. The van der Waals surface area contributed by atoms with Crippen molar-refractivity contribution in [1.29, 1.82) is 0 Å². The third-order valence-corrected chi connectivity index (χ3v) is 4.38. The fraction of sp³-hybridized carbons (Fsp3) is 0.571. The number of urea groups is 1. The molecule has 5 nitrogen and oxygen atoms in total. The number of thiol groups is 1. The number of nitrogens with one attached hydrogen (secondary N) is 1. The minimum Gasteiger partial charge on any atom is -0.319 e. The quantitative estimate of drug-likeness (QED) is 0.716. The highest BCUT2D eigenvalue weighted by Crippen LogP contribution is 2.30. The average Bonchev–Trinajstić information content (AvgIpc) is 2.68. The van der Waals surface area contributed by atoms with Crippen molar-refractivity contribution < 1.29 is 18.0 Å². The Kier molecular flexibility index (Phi) is 5.41. The fourth-order valence-electron chi connectivity index (χ4n) is 2.45. The third-order valence-electron chi connectivity index (χ3n) is 3.82. The van der Waals surface area contributed by atoms with Crippen LogP contribution in [0.1, 0.15) is 20.3 Å². The number of halogens is 3. The van der Waals surface area contributed by atoms with Gasteiger partial charge in [0.1, 0.15) is 0 Å². The van der Waals surface area contributed by atoms with E-state index in [1.165, 1.54) is 6.20 Å². The van der Waals surface area contributed by atoms with Gasteiger partial charge in [-0.05, 0) is 19.9 Å². The van der Waals surface area contributed by atoms with Gasteiger partial charge in [-0.15, -0.1) is 0 Å². The summed E-state index contributed by atoms with van der Waals surface area (Å²) in [4.78, 5) is 17.7. The Morgan fingerprint density at radius 1 is 1.35 bits per heavy atom. The van der Waals surface area contributed by atoms with E-state index in [-0.39, 0.29) is 17.8 Å². The molecule has 2 aliphatic rings. The predicted molar refractivity (Wildman–Crippen MR) is 85.2 cm³/mol. The van der Waals surface area contributed by atoms with Gasteiger partial charge in [-0.3, -0.25) is 4.99 Å². The highest BCUT2D eigenvalue weighted by molar-refractivity contribution is 7.77. The molecule has 128 valence electrons. The molecule has 9 heteroatoms. The van der Waals surface area contributed by atoms with Gasteiger partial charge in [0.15, 0.2) is 0 Å². The fourth-order valence-corrected chi connectivity index (χ4v) is 2.76. The van der Waals surface area contributed by atoms with Crippen LogP contribution in [-0.2, 0) is 0 Å². The summed E-state index contributed by atoms with van der Waals surface area (Å²) in [6, 6.07) is -0.445. The van der Waals surface area contributed by atoms with E-state index in [1.807, 2.05) is 18.2 Å². The molecule has 2 aliphatic heterocycles. The van der Waals surface area contributed by atoms with Crippen LogP contribution in [0.3, 0.4) is 0 Å². The van der Waals surface area contributed by atoms with E-state index in [9.17, 15) is 18.0 Å². The standard InChI is InChI=1S/C14H19F3N4OS/c1-9-8-21(23)10(2)7-20(9)13(22)19-12-5-11(14(15,16)17)3-4-18-6-12/h3-4,6,9-10,23H,5,7-8H2,1-2H3,(H,19,22)/t9-,10+/m1/s1. The van der Waals surface area contributed by atoms with E-state index in [1.54, 1.807) is 4.90 Å². The molecule has 0 spiro atoms. The molecule has 0 aromatic heterocycles. The molecule has 1 saturated heterocycles. The zero-order valence-corrected chi connectivity index (χ0v) is 13.7. The van der Waals surface area contributed by atoms with Gasteiger partial charge in [0.25, 0.3) is 0 Å². The Morgan fingerprint density at radius 3 is 2.70 bits per heavy atom. The predicted octanol–water partition coefficient (Wildman–Crippen LogP) is 2.74. The van der Waals surface area contributed by atoms with Crippen molar-refractivity contribution in [1.82, 2.24) is 14.5 Å². The zero-order valence-electron chi connectivity index (χ0n) is 12.8. The number of carbonyl (C=O) groups is 1. The molecule has 0 aromatic rings. The molecule has 2 amide bonds. The summed E-state index contributed by atoms with van der Waals surface area (Å²) in [7, 11) is 0. The first kappa shape index (κ1) is 17.9. The topological polar surface area (TPSA) is 47.9 Å². The third kappa shape index (κ3) is 4.51. The lowest BCUT2D eigenvalue weighted by molar-refractivity contribution is -0.0931. The summed E-state index contributed by atoms with van der Waals surface area (Å²) in [6.45, 7) is 4.84. The lowest BCUT2D eigenvalue weighted by Gasteiger charge is -2.41. The van der Waals surface area contributed by atoms with Crippen LogP contribution in [0.5, 0.6) is 0 Å². The molecule has 0 unspecified atom stereocenters. The molecule has 1 N–H and O–H groups in total. The van der Waals surface area contributed by atoms with Gasteiger partial charge in [0.2, 0.25) is 0 Å². The van der Waals surface area contributed by atoms with E-state index in [2.05, 4.69) is 23.1 Å². The van der Waals surface area contributed by atoms with Gasteiger partial charge in [0.05, 0.1) is 0 Å². The molecule has 2 rings (SSSR count). The molecular weight excluding hydrogens is 329 g/mol. The molecule has 0 radical (unpaired) electrons. The lowest BCUT2D eigenvalue weighted by atomic mass is 10.1. The maximum Gasteiger partial charge on any atom is 0.413 e. The molecule has 2 heterocycles. The van der Waals surface area contributed by atoms with Crippen LogP contribution in [0.25, 0.3) is 0 Å². The number of alkyl halides is 3. The molecule has 0 saturated carbocycles. The first-order chi connectivity index (χ1) is 10.7. The van der Waals surface area contributed by atoms with Gasteiger partial charge >= 0.3 is 12.2 Å². The number of hydrogen-bond donors (Lipinski definition) is 2. The monoisotopic (exact) mass is 348 g/mol. The van der Waals surface area contributed by atoms with Gasteiger partial charge in [-0.2, -0.15) is 13.2 Å². The number of amides is 2. The second kappa shape index (κ2) is 6.96. The van der Waals surface area contributed by atoms with Crippen LogP contribution in [0.4, 0.5) is 18.0 Å². The van der Waals surface area contributed by atoms with Crippen molar-refractivity contribution in [3.05, 3.63) is 23.5 Å². The number of carbonyl (C=O) groups excluding carboxylic acids is 1. The smallest absolute Gasteiger partial charge is 0.319 e. The Bertz CT molecular complexity index is 559. The van der Waals surface area contributed by atoms with E-state index in [4.69, 9.17) is 0 Å². The number of nitrogens with zero attached hydrogens (tertiary/aromatic N) is 3. The summed E-state index contributed by atoms with van der Waals surface area (Å²) in [5.41, 5.74) is -0.618. The highest BCUT2D eigenvalue weighted by atomic mass is 32.1. The van der Waals surface area contributed by atoms with Crippen LogP contribution in [0.2, 0.25) is 0 Å². The van der Waals surface area contributed by atoms with Crippen molar-refractivity contribution in [2.24, 2.45) is 4.99 Å². The molecule has 0 aliphatic carbocycles.